The minimum absolute atomic E-state index is 0.186. The number of thioether (sulfide) groups is 1. The average molecular weight is 421 g/mol. The summed E-state index contributed by atoms with van der Waals surface area (Å²) >= 11 is 6.49. The van der Waals surface area contributed by atoms with E-state index in [1.165, 1.54) is 4.90 Å². The Morgan fingerprint density at radius 3 is 2.66 bits per heavy atom. The summed E-state index contributed by atoms with van der Waals surface area (Å²) in [5, 5.41) is 10.7. The summed E-state index contributed by atoms with van der Waals surface area (Å²) in [6.07, 6.45) is 3.62. The molecule has 0 unspecified atom stereocenters. The molecule has 1 aliphatic heterocycles. The van der Waals surface area contributed by atoms with Crippen molar-refractivity contribution >= 4 is 57.2 Å². The number of carboxylic acids is 1. The molecule has 0 bridgehead atoms. The number of aromatic nitrogens is 1. The van der Waals surface area contributed by atoms with Crippen molar-refractivity contribution in [2.24, 2.45) is 0 Å². The summed E-state index contributed by atoms with van der Waals surface area (Å²) < 4.78 is 0.248. The van der Waals surface area contributed by atoms with Crippen LogP contribution < -0.4 is 0 Å². The van der Waals surface area contributed by atoms with Gasteiger partial charge < -0.3 is 5.11 Å². The first-order chi connectivity index (χ1) is 14.0. The Morgan fingerprint density at radius 1 is 1.14 bits per heavy atom. The Bertz CT molecular complexity index is 1140. The van der Waals surface area contributed by atoms with Crippen molar-refractivity contribution in [3.8, 4) is 0 Å². The lowest BCUT2D eigenvalue weighted by Gasteiger charge is -2.23. The maximum atomic E-state index is 13.1. The zero-order valence-electron chi connectivity index (χ0n) is 15.2. The SMILES string of the molecule is O=C(O)[C@H](Cc1ccccc1)N1C(=O)/C(=C/c2cccc3cccnc23)SC1=S. The Morgan fingerprint density at radius 2 is 1.90 bits per heavy atom. The molecule has 1 saturated heterocycles. The summed E-state index contributed by atoms with van der Waals surface area (Å²) in [5.74, 6) is -1.48. The number of carbonyl (C=O) groups excluding carboxylic acids is 1. The predicted molar refractivity (Wildman–Crippen MR) is 118 cm³/mol. The molecule has 144 valence electrons. The van der Waals surface area contributed by atoms with Gasteiger partial charge in [0.2, 0.25) is 0 Å². The number of para-hydroxylation sites is 1. The Labute approximate surface area is 177 Å². The van der Waals surface area contributed by atoms with Crippen molar-refractivity contribution in [2.45, 2.75) is 12.5 Å². The topological polar surface area (TPSA) is 70.5 Å². The number of amides is 1. The van der Waals surface area contributed by atoms with E-state index in [2.05, 4.69) is 4.98 Å². The quantitative estimate of drug-likeness (QED) is 0.494. The molecule has 4 rings (SSSR count). The highest BCUT2D eigenvalue weighted by Gasteiger charge is 2.40. The molecule has 1 N–H and O–H groups in total. The normalized spacial score (nSPS) is 16.6. The van der Waals surface area contributed by atoms with Crippen LogP contribution in [0.25, 0.3) is 17.0 Å². The number of carboxylic acid groups (broad SMARTS) is 1. The number of hydrogen-bond acceptors (Lipinski definition) is 5. The fourth-order valence-electron chi connectivity index (χ4n) is 3.26. The maximum absolute atomic E-state index is 13.1. The van der Waals surface area contributed by atoms with Crippen LogP contribution in [-0.4, -0.2) is 37.2 Å². The number of pyridine rings is 1. The molecular weight excluding hydrogens is 404 g/mol. The van der Waals surface area contributed by atoms with E-state index in [9.17, 15) is 14.7 Å². The number of fused-ring (bicyclic) bond motifs is 1. The first kappa shape index (κ1) is 19.3. The molecule has 0 spiro atoms. The van der Waals surface area contributed by atoms with Gasteiger partial charge >= 0.3 is 5.97 Å². The van der Waals surface area contributed by atoms with Gasteiger partial charge in [0.05, 0.1) is 10.4 Å². The van der Waals surface area contributed by atoms with E-state index in [0.717, 1.165) is 33.8 Å². The molecule has 1 aliphatic rings. The smallest absolute Gasteiger partial charge is 0.327 e. The van der Waals surface area contributed by atoms with Crippen LogP contribution in [0.5, 0.6) is 0 Å². The largest absolute Gasteiger partial charge is 0.480 e. The summed E-state index contributed by atoms with van der Waals surface area (Å²) in [4.78, 5) is 31.0. The van der Waals surface area contributed by atoms with Crippen molar-refractivity contribution < 1.29 is 14.7 Å². The molecular formula is C22H16N2O3S2. The van der Waals surface area contributed by atoms with Gasteiger partial charge in [0.1, 0.15) is 10.4 Å². The van der Waals surface area contributed by atoms with Gasteiger partial charge in [0, 0.05) is 23.6 Å². The van der Waals surface area contributed by atoms with Crippen LogP contribution in [0, 0.1) is 0 Å². The fourth-order valence-corrected chi connectivity index (χ4v) is 4.61. The van der Waals surface area contributed by atoms with Crippen LogP contribution >= 0.6 is 24.0 Å². The van der Waals surface area contributed by atoms with Gasteiger partial charge in [-0.25, -0.2) is 4.79 Å². The third-order valence-electron chi connectivity index (χ3n) is 4.64. The Balaban J connectivity index is 1.67. The number of rotatable bonds is 5. The fraction of sp³-hybridized carbons (Fsp3) is 0.0909. The van der Waals surface area contributed by atoms with Crippen molar-refractivity contribution in [2.75, 3.05) is 0 Å². The summed E-state index contributed by atoms with van der Waals surface area (Å²) in [5.41, 5.74) is 2.40. The molecule has 1 fully saturated rings. The third-order valence-corrected chi connectivity index (χ3v) is 5.97. The molecule has 7 heteroatoms. The van der Waals surface area contributed by atoms with Crippen molar-refractivity contribution in [3.05, 3.63) is 82.9 Å². The molecule has 3 aromatic rings. The molecule has 2 heterocycles. The van der Waals surface area contributed by atoms with Crippen molar-refractivity contribution in [1.82, 2.24) is 9.88 Å². The highest BCUT2D eigenvalue weighted by Crippen LogP contribution is 2.35. The second-order valence-corrected chi connectivity index (χ2v) is 8.19. The van der Waals surface area contributed by atoms with Gasteiger partial charge in [-0.2, -0.15) is 0 Å². The van der Waals surface area contributed by atoms with Crippen molar-refractivity contribution in [1.29, 1.82) is 0 Å². The van der Waals surface area contributed by atoms with Gasteiger partial charge in [-0.05, 0) is 17.7 Å². The van der Waals surface area contributed by atoms with E-state index >= 15 is 0 Å². The van der Waals surface area contributed by atoms with E-state index in [0.29, 0.717) is 4.91 Å². The van der Waals surface area contributed by atoms with E-state index in [1.54, 1.807) is 12.3 Å². The number of benzene rings is 2. The van der Waals surface area contributed by atoms with E-state index in [-0.39, 0.29) is 10.7 Å². The molecule has 1 atom stereocenters. The highest BCUT2D eigenvalue weighted by atomic mass is 32.2. The van der Waals surface area contributed by atoms with Crippen LogP contribution in [-0.2, 0) is 16.0 Å². The lowest BCUT2D eigenvalue weighted by atomic mass is 10.0. The molecule has 0 radical (unpaired) electrons. The number of nitrogens with zero attached hydrogens (tertiary/aromatic N) is 2. The van der Waals surface area contributed by atoms with Crippen LogP contribution in [0.15, 0.2) is 71.8 Å². The number of carbonyl (C=O) groups is 2. The Kier molecular flexibility index (Phi) is 5.42. The summed E-state index contributed by atoms with van der Waals surface area (Å²) in [7, 11) is 0. The molecule has 1 amide bonds. The monoisotopic (exact) mass is 420 g/mol. The van der Waals surface area contributed by atoms with Crippen LogP contribution in [0.4, 0.5) is 0 Å². The predicted octanol–water partition coefficient (Wildman–Crippen LogP) is 4.13. The van der Waals surface area contributed by atoms with Gasteiger partial charge in [-0.15, -0.1) is 0 Å². The first-order valence-corrected chi connectivity index (χ1v) is 10.1. The molecule has 0 aliphatic carbocycles. The van der Waals surface area contributed by atoms with Crippen LogP contribution in [0.2, 0.25) is 0 Å². The lowest BCUT2D eigenvalue weighted by molar-refractivity contribution is -0.145. The first-order valence-electron chi connectivity index (χ1n) is 8.92. The second-order valence-electron chi connectivity index (χ2n) is 6.52. The molecule has 5 nitrogen and oxygen atoms in total. The van der Waals surface area contributed by atoms with E-state index in [4.69, 9.17) is 12.2 Å². The van der Waals surface area contributed by atoms with Gasteiger partial charge in [0.25, 0.3) is 5.91 Å². The Hall–Kier alpha value is -3.03. The van der Waals surface area contributed by atoms with E-state index < -0.39 is 17.9 Å². The van der Waals surface area contributed by atoms with E-state index in [1.807, 2.05) is 60.7 Å². The van der Waals surface area contributed by atoms with Gasteiger partial charge in [-0.1, -0.05) is 78.6 Å². The lowest BCUT2D eigenvalue weighted by Crippen LogP contribution is -2.45. The highest BCUT2D eigenvalue weighted by molar-refractivity contribution is 8.26. The summed E-state index contributed by atoms with van der Waals surface area (Å²) in [6, 6.07) is 17.7. The number of thiocarbonyl (C=S) groups is 1. The minimum atomic E-state index is -1.08. The van der Waals surface area contributed by atoms with Gasteiger partial charge in [0.15, 0.2) is 0 Å². The number of hydrogen-bond donors (Lipinski definition) is 1. The average Bonchev–Trinajstić information content (AvgIpc) is 3.00. The molecule has 29 heavy (non-hydrogen) atoms. The third kappa shape index (κ3) is 3.92. The van der Waals surface area contributed by atoms with Crippen LogP contribution in [0.3, 0.4) is 0 Å². The maximum Gasteiger partial charge on any atom is 0.327 e. The van der Waals surface area contributed by atoms with Crippen molar-refractivity contribution in [3.63, 3.8) is 0 Å². The van der Waals surface area contributed by atoms with Gasteiger partial charge in [-0.3, -0.25) is 14.7 Å². The zero-order chi connectivity index (χ0) is 20.4. The molecule has 1 aromatic heterocycles. The standard InChI is InChI=1S/C22H16N2O3S2/c25-20-18(13-16-9-4-8-15-10-5-11-23-19(15)16)29-22(28)24(20)17(21(26)27)12-14-6-2-1-3-7-14/h1-11,13,17H,12H2,(H,26,27)/b18-13-/t17-/m0/s1. The second kappa shape index (κ2) is 8.14. The molecule has 2 aromatic carbocycles. The minimum Gasteiger partial charge on any atom is -0.480 e. The molecule has 0 saturated carbocycles. The zero-order valence-corrected chi connectivity index (χ0v) is 16.8. The van der Waals surface area contributed by atoms with Crippen LogP contribution in [0.1, 0.15) is 11.1 Å². The summed E-state index contributed by atoms with van der Waals surface area (Å²) in [6.45, 7) is 0. The number of aliphatic carboxylic acids is 1.